The van der Waals surface area contributed by atoms with Crippen molar-refractivity contribution in [1.29, 1.82) is 0 Å². The molecule has 1 aliphatic carbocycles. The number of rotatable bonds is 6. The second-order valence-corrected chi connectivity index (χ2v) is 8.84. The number of nitrogens with one attached hydrogen (secondary N) is 2. The van der Waals surface area contributed by atoms with Crippen LogP contribution < -0.4 is 10.6 Å². The number of nitrogens with zero attached hydrogens (tertiary/aromatic N) is 6. The second kappa shape index (κ2) is 7.00. The molecule has 4 aromatic heterocycles. The van der Waals surface area contributed by atoms with E-state index in [-0.39, 0.29) is 0 Å². The van der Waals surface area contributed by atoms with E-state index in [9.17, 15) is 0 Å². The number of anilines is 1. The zero-order valence-electron chi connectivity index (χ0n) is 17.8. The van der Waals surface area contributed by atoms with Crippen molar-refractivity contribution in [3.05, 3.63) is 36.4 Å². The second-order valence-electron chi connectivity index (χ2n) is 8.84. The van der Waals surface area contributed by atoms with E-state index < -0.39 is 0 Å². The summed E-state index contributed by atoms with van der Waals surface area (Å²) in [4.78, 5) is 14.1. The van der Waals surface area contributed by atoms with Crippen molar-refractivity contribution in [1.82, 2.24) is 34.4 Å². The molecule has 4 aromatic rings. The average Bonchev–Trinajstić information content (AvgIpc) is 3.26. The third-order valence-corrected chi connectivity index (χ3v) is 6.69. The molecule has 2 aliphatic rings. The first-order valence-corrected chi connectivity index (χ1v) is 10.8. The van der Waals surface area contributed by atoms with Gasteiger partial charge in [-0.05, 0) is 43.4 Å². The Balaban J connectivity index is 1.28. The van der Waals surface area contributed by atoms with Gasteiger partial charge < -0.3 is 19.9 Å². The molecule has 160 valence electrons. The monoisotopic (exact) mass is 418 g/mol. The molecule has 9 heteroatoms. The van der Waals surface area contributed by atoms with Crippen molar-refractivity contribution in [2.75, 3.05) is 32.1 Å². The highest BCUT2D eigenvalue weighted by Crippen LogP contribution is 2.45. The zero-order chi connectivity index (χ0) is 21.0. The molecule has 31 heavy (non-hydrogen) atoms. The van der Waals surface area contributed by atoms with E-state index in [2.05, 4.69) is 30.3 Å². The Hall–Kier alpha value is -3.04. The molecule has 2 N–H and O–H groups in total. The highest BCUT2D eigenvalue weighted by molar-refractivity contribution is 5.82. The topological polar surface area (TPSA) is 94.2 Å². The molecule has 1 saturated carbocycles. The van der Waals surface area contributed by atoms with Crippen LogP contribution >= 0.6 is 0 Å². The van der Waals surface area contributed by atoms with Crippen molar-refractivity contribution >= 4 is 22.6 Å². The summed E-state index contributed by atoms with van der Waals surface area (Å²) in [5.41, 5.74) is 5.12. The molecular weight excluding hydrogens is 392 g/mol. The molecule has 9 nitrogen and oxygen atoms in total. The van der Waals surface area contributed by atoms with Gasteiger partial charge in [0.1, 0.15) is 11.3 Å². The Bertz CT molecular complexity index is 1260. The van der Waals surface area contributed by atoms with E-state index >= 15 is 0 Å². The van der Waals surface area contributed by atoms with E-state index in [0.29, 0.717) is 24.0 Å². The van der Waals surface area contributed by atoms with Gasteiger partial charge in [-0.2, -0.15) is 0 Å². The van der Waals surface area contributed by atoms with Gasteiger partial charge in [0, 0.05) is 44.5 Å². The Morgan fingerprint density at radius 3 is 2.87 bits per heavy atom. The lowest BCUT2D eigenvalue weighted by molar-refractivity contribution is 0.0467. The Labute approximate surface area is 179 Å². The smallest absolute Gasteiger partial charge is 0.241 e. The van der Waals surface area contributed by atoms with Crippen molar-refractivity contribution in [2.45, 2.75) is 32.4 Å². The summed E-state index contributed by atoms with van der Waals surface area (Å²) in [5, 5.41) is 11.5. The summed E-state index contributed by atoms with van der Waals surface area (Å²) >= 11 is 0. The van der Waals surface area contributed by atoms with Gasteiger partial charge in [-0.3, -0.25) is 0 Å². The number of hydrogen-bond donors (Lipinski definition) is 2. The fourth-order valence-corrected chi connectivity index (χ4v) is 4.94. The van der Waals surface area contributed by atoms with Crippen LogP contribution in [0.25, 0.3) is 27.9 Å². The van der Waals surface area contributed by atoms with Crippen LogP contribution in [0, 0.1) is 12.3 Å². The minimum absolute atomic E-state index is 0.467. The lowest BCUT2D eigenvalue weighted by Crippen LogP contribution is -2.63. The van der Waals surface area contributed by atoms with Gasteiger partial charge in [-0.1, -0.05) is 0 Å². The minimum atomic E-state index is 0.467. The van der Waals surface area contributed by atoms with E-state index in [0.717, 1.165) is 53.4 Å². The molecule has 0 bridgehead atoms. The summed E-state index contributed by atoms with van der Waals surface area (Å²) < 4.78 is 9.22. The minimum Gasteiger partial charge on any atom is -0.383 e. The summed E-state index contributed by atoms with van der Waals surface area (Å²) in [6.45, 7) is 5.64. The highest BCUT2D eigenvalue weighted by Gasteiger charge is 2.48. The Morgan fingerprint density at radius 2 is 2.10 bits per heavy atom. The number of aromatic nitrogens is 6. The standard InChI is InChI=1S/C22H26N8O/c1-14-25-18-4-3-17(27-20(18)29(14)7-8-31-2)16-5-6-30-19(16)11-24-21(28-30)26-15-9-22(10-15)12-23-13-22/h3-6,11,15,23H,7-10,12-13H2,1-2H3,(H,26,28). The highest BCUT2D eigenvalue weighted by atomic mass is 16.5. The number of pyridine rings is 1. The van der Waals surface area contributed by atoms with Gasteiger partial charge in [-0.25, -0.2) is 19.5 Å². The normalized spacial score (nSPS) is 17.9. The first-order valence-electron chi connectivity index (χ1n) is 10.8. The molecule has 0 unspecified atom stereocenters. The van der Waals surface area contributed by atoms with Gasteiger partial charge in [0.25, 0.3) is 0 Å². The molecule has 2 fully saturated rings. The molecule has 0 atom stereocenters. The molecule has 1 spiro atoms. The van der Waals surface area contributed by atoms with Crippen molar-refractivity contribution in [3.8, 4) is 11.3 Å². The molecule has 1 saturated heterocycles. The van der Waals surface area contributed by atoms with Crippen LogP contribution in [0.5, 0.6) is 0 Å². The molecule has 0 aromatic carbocycles. The Morgan fingerprint density at radius 1 is 1.23 bits per heavy atom. The van der Waals surface area contributed by atoms with Gasteiger partial charge in [0.05, 0.1) is 24.0 Å². The summed E-state index contributed by atoms with van der Waals surface area (Å²) in [7, 11) is 1.71. The van der Waals surface area contributed by atoms with Gasteiger partial charge in [0.15, 0.2) is 5.65 Å². The van der Waals surface area contributed by atoms with Gasteiger partial charge in [-0.15, -0.1) is 5.10 Å². The number of hydrogen-bond acceptors (Lipinski definition) is 7. The fourth-order valence-electron chi connectivity index (χ4n) is 4.94. The maximum Gasteiger partial charge on any atom is 0.241 e. The first kappa shape index (κ1) is 18.7. The molecule has 1 aliphatic heterocycles. The predicted octanol–water partition coefficient (Wildman–Crippen LogP) is 2.26. The van der Waals surface area contributed by atoms with Crippen LogP contribution in [-0.4, -0.2) is 62.0 Å². The van der Waals surface area contributed by atoms with Crippen molar-refractivity contribution in [2.24, 2.45) is 5.41 Å². The quantitative estimate of drug-likeness (QED) is 0.496. The van der Waals surface area contributed by atoms with Crippen LogP contribution in [0.2, 0.25) is 0 Å². The molecular formula is C22H26N8O. The maximum absolute atomic E-state index is 5.25. The lowest BCUT2D eigenvalue weighted by Gasteiger charge is -2.54. The zero-order valence-corrected chi connectivity index (χ0v) is 17.8. The lowest BCUT2D eigenvalue weighted by atomic mass is 9.62. The SMILES string of the molecule is COCCn1c(C)nc2ccc(-c3ccn4nc(NC5CC6(CNC6)C5)ncc34)nc21. The van der Waals surface area contributed by atoms with Crippen molar-refractivity contribution in [3.63, 3.8) is 0 Å². The molecule has 0 amide bonds. The number of imidazole rings is 1. The Kier molecular flexibility index (Phi) is 4.22. The maximum atomic E-state index is 5.25. The first-order chi connectivity index (χ1) is 15.1. The van der Waals surface area contributed by atoms with Crippen molar-refractivity contribution < 1.29 is 4.74 Å². The van der Waals surface area contributed by atoms with Crippen LogP contribution in [0.15, 0.2) is 30.6 Å². The summed E-state index contributed by atoms with van der Waals surface area (Å²) in [5.74, 6) is 1.62. The van der Waals surface area contributed by atoms with E-state index in [1.165, 1.54) is 12.8 Å². The summed E-state index contributed by atoms with van der Waals surface area (Å²) in [6.07, 6.45) is 6.23. The number of methoxy groups -OCH3 is 1. The molecule has 0 radical (unpaired) electrons. The number of aryl methyl sites for hydroxylation is 1. The predicted molar refractivity (Wildman–Crippen MR) is 118 cm³/mol. The van der Waals surface area contributed by atoms with Crippen LogP contribution in [0.3, 0.4) is 0 Å². The molecule has 5 heterocycles. The van der Waals surface area contributed by atoms with Crippen LogP contribution in [-0.2, 0) is 11.3 Å². The third-order valence-electron chi connectivity index (χ3n) is 6.69. The van der Waals surface area contributed by atoms with E-state index in [1.807, 2.05) is 42.0 Å². The molecule has 6 rings (SSSR count). The summed E-state index contributed by atoms with van der Waals surface area (Å²) in [6, 6.07) is 6.55. The fraction of sp³-hybridized carbons (Fsp3) is 0.455. The van der Waals surface area contributed by atoms with Crippen LogP contribution in [0.1, 0.15) is 18.7 Å². The largest absolute Gasteiger partial charge is 0.383 e. The van der Waals surface area contributed by atoms with Gasteiger partial charge in [0.2, 0.25) is 5.95 Å². The van der Waals surface area contributed by atoms with Crippen LogP contribution in [0.4, 0.5) is 5.95 Å². The number of ether oxygens (including phenoxy) is 1. The third kappa shape index (κ3) is 3.07. The number of fused-ring (bicyclic) bond motifs is 2. The average molecular weight is 419 g/mol. The van der Waals surface area contributed by atoms with Gasteiger partial charge >= 0.3 is 0 Å². The van der Waals surface area contributed by atoms with E-state index in [4.69, 9.17) is 9.72 Å². The van der Waals surface area contributed by atoms with E-state index in [1.54, 1.807) is 7.11 Å².